The van der Waals surface area contributed by atoms with E-state index >= 15 is 0 Å². The van der Waals surface area contributed by atoms with Crippen molar-refractivity contribution < 1.29 is 22.3 Å². The molecule has 118 valence electrons. The first-order chi connectivity index (χ1) is 10.9. The summed E-state index contributed by atoms with van der Waals surface area (Å²) in [4.78, 5) is 12.0. The van der Waals surface area contributed by atoms with Crippen molar-refractivity contribution >= 4 is 10.8 Å². The van der Waals surface area contributed by atoms with Gasteiger partial charge in [-0.25, -0.2) is 4.79 Å². The zero-order chi connectivity index (χ0) is 16.6. The van der Waals surface area contributed by atoms with E-state index in [-0.39, 0.29) is 16.3 Å². The molecule has 3 aromatic rings. The topological polar surface area (TPSA) is 39.4 Å². The maximum Gasteiger partial charge on any atom is 0.450 e. The molecule has 1 heterocycles. The zero-order valence-electron chi connectivity index (χ0n) is 12.0. The summed E-state index contributed by atoms with van der Waals surface area (Å²) in [6.07, 6.45) is -4.78. The highest BCUT2D eigenvalue weighted by Crippen LogP contribution is 2.40. The molecule has 3 rings (SSSR count). The van der Waals surface area contributed by atoms with E-state index in [9.17, 15) is 18.0 Å². The van der Waals surface area contributed by atoms with Crippen molar-refractivity contribution in [3.63, 3.8) is 0 Å². The third kappa shape index (κ3) is 2.67. The molecule has 0 aliphatic rings. The Morgan fingerprint density at radius 2 is 1.70 bits per heavy atom. The first-order valence-corrected chi connectivity index (χ1v) is 6.69. The van der Waals surface area contributed by atoms with Crippen molar-refractivity contribution in [3.8, 4) is 16.9 Å². The molecule has 0 N–H and O–H groups in total. The molecule has 1 aromatic heterocycles. The number of methoxy groups -OCH3 is 1. The maximum absolute atomic E-state index is 13.3. The maximum atomic E-state index is 13.3. The standard InChI is InChI=1S/C17H11F3O3/c1-22-11-7-8-12-13(9-11)16(21)23-15(17(18,19)20)14(12)10-5-3-2-4-6-10/h2-9H,1H3. The molecule has 0 bridgehead atoms. The van der Waals surface area contributed by atoms with Crippen LogP contribution in [0.25, 0.3) is 21.9 Å². The summed E-state index contributed by atoms with van der Waals surface area (Å²) < 4.78 is 49.6. The van der Waals surface area contributed by atoms with Crippen LogP contribution in [0.3, 0.4) is 0 Å². The highest BCUT2D eigenvalue weighted by atomic mass is 19.4. The van der Waals surface area contributed by atoms with Crippen LogP contribution in [0.1, 0.15) is 5.76 Å². The summed E-state index contributed by atoms with van der Waals surface area (Å²) in [5.74, 6) is -0.935. The number of ether oxygens (including phenoxy) is 1. The fraction of sp³-hybridized carbons (Fsp3) is 0.118. The summed E-state index contributed by atoms with van der Waals surface area (Å²) in [5, 5.41) is 0.205. The highest BCUT2D eigenvalue weighted by Gasteiger charge is 2.39. The molecule has 3 nitrogen and oxygen atoms in total. The monoisotopic (exact) mass is 320 g/mol. The molecular formula is C17H11F3O3. The lowest BCUT2D eigenvalue weighted by atomic mass is 9.98. The van der Waals surface area contributed by atoms with E-state index in [1.807, 2.05) is 0 Å². The van der Waals surface area contributed by atoms with Gasteiger partial charge in [0.1, 0.15) is 5.75 Å². The van der Waals surface area contributed by atoms with Crippen molar-refractivity contribution in [2.24, 2.45) is 0 Å². The van der Waals surface area contributed by atoms with Gasteiger partial charge in [-0.2, -0.15) is 13.2 Å². The van der Waals surface area contributed by atoms with E-state index in [1.54, 1.807) is 18.2 Å². The van der Waals surface area contributed by atoms with Crippen LogP contribution >= 0.6 is 0 Å². The number of hydrogen-bond acceptors (Lipinski definition) is 3. The van der Waals surface area contributed by atoms with Crippen LogP contribution in [0.5, 0.6) is 5.75 Å². The van der Waals surface area contributed by atoms with Crippen LogP contribution in [0.2, 0.25) is 0 Å². The Bertz CT molecular complexity index is 912. The first kappa shape index (κ1) is 15.1. The van der Waals surface area contributed by atoms with Crippen LogP contribution in [-0.4, -0.2) is 7.11 Å². The Balaban J connectivity index is 2.47. The third-order valence-electron chi connectivity index (χ3n) is 3.46. The second-order valence-corrected chi connectivity index (χ2v) is 4.87. The van der Waals surface area contributed by atoms with E-state index in [1.165, 1.54) is 37.4 Å². The SMILES string of the molecule is COc1ccc2c(-c3ccccc3)c(C(F)(F)F)oc(=O)c2c1. The molecule has 0 atom stereocenters. The van der Waals surface area contributed by atoms with Gasteiger partial charge in [-0.3, -0.25) is 0 Å². The molecule has 0 aliphatic heterocycles. The molecule has 0 saturated carbocycles. The number of rotatable bonds is 2. The molecule has 0 radical (unpaired) electrons. The highest BCUT2D eigenvalue weighted by molar-refractivity contribution is 5.97. The minimum atomic E-state index is -4.78. The van der Waals surface area contributed by atoms with Gasteiger partial charge >= 0.3 is 11.8 Å². The van der Waals surface area contributed by atoms with Gasteiger partial charge in [0.2, 0.25) is 5.76 Å². The Hall–Kier alpha value is -2.76. The number of halogens is 3. The quantitative estimate of drug-likeness (QED) is 0.698. The Labute approximate surface area is 128 Å². The minimum absolute atomic E-state index is 0.0382. The van der Waals surface area contributed by atoms with E-state index in [0.717, 1.165) is 0 Å². The van der Waals surface area contributed by atoms with Crippen molar-refractivity contribution in [1.82, 2.24) is 0 Å². The summed E-state index contributed by atoms with van der Waals surface area (Å²) in [5.41, 5.74) is -0.889. The fourth-order valence-electron chi connectivity index (χ4n) is 2.45. The van der Waals surface area contributed by atoms with Crippen LogP contribution in [-0.2, 0) is 6.18 Å². The van der Waals surface area contributed by atoms with Crippen molar-refractivity contribution in [2.45, 2.75) is 6.18 Å². The lowest BCUT2D eigenvalue weighted by Crippen LogP contribution is -2.13. The Kier molecular flexibility index (Phi) is 3.60. The van der Waals surface area contributed by atoms with E-state index in [2.05, 4.69) is 4.42 Å². The van der Waals surface area contributed by atoms with Gasteiger partial charge in [0, 0.05) is 10.9 Å². The first-order valence-electron chi connectivity index (χ1n) is 6.69. The average molecular weight is 320 g/mol. The van der Waals surface area contributed by atoms with Gasteiger partial charge in [-0.1, -0.05) is 30.3 Å². The molecular weight excluding hydrogens is 309 g/mol. The molecule has 0 unspecified atom stereocenters. The average Bonchev–Trinajstić information content (AvgIpc) is 2.54. The second kappa shape index (κ2) is 5.46. The van der Waals surface area contributed by atoms with Crippen LogP contribution in [0.15, 0.2) is 57.7 Å². The van der Waals surface area contributed by atoms with Gasteiger partial charge in [0.15, 0.2) is 0 Å². The summed E-state index contributed by atoms with van der Waals surface area (Å²) in [6.45, 7) is 0. The molecule has 0 amide bonds. The summed E-state index contributed by atoms with van der Waals surface area (Å²) in [7, 11) is 1.41. The normalized spacial score (nSPS) is 11.7. The predicted octanol–water partition coefficient (Wildman–Crippen LogP) is 4.49. The lowest BCUT2D eigenvalue weighted by molar-refractivity contribution is -0.153. The zero-order valence-corrected chi connectivity index (χ0v) is 12.0. The van der Waals surface area contributed by atoms with Gasteiger partial charge in [-0.15, -0.1) is 0 Å². The minimum Gasteiger partial charge on any atom is -0.497 e. The van der Waals surface area contributed by atoms with Crippen LogP contribution in [0.4, 0.5) is 13.2 Å². The van der Waals surface area contributed by atoms with Crippen LogP contribution < -0.4 is 10.4 Å². The fourth-order valence-corrected chi connectivity index (χ4v) is 2.45. The number of hydrogen-bond donors (Lipinski definition) is 0. The van der Waals surface area contributed by atoms with Crippen molar-refractivity contribution in [2.75, 3.05) is 7.11 Å². The van der Waals surface area contributed by atoms with Crippen molar-refractivity contribution in [3.05, 3.63) is 64.7 Å². The number of benzene rings is 2. The summed E-state index contributed by atoms with van der Waals surface area (Å²) >= 11 is 0. The van der Waals surface area contributed by atoms with Gasteiger partial charge in [0.05, 0.1) is 12.5 Å². The van der Waals surface area contributed by atoms with Gasteiger partial charge in [-0.05, 0) is 23.8 Å². The lowest BCUT2D eigenvalue weighted by Gasteiger charge is -2.14. The van der Waals surface area contributed by atoms with Crippen LogP contribution in [0, 0.1) is 0 Å². The molecule has 23 heavy (non-hydrogen) atoms. The molecule has 0 spiro atoms. The Morgan fingerprint density at radius 1 is 1.00 bits per heavy atom. The molecule has 0 fully saturated rings. The number of alkyl halides is 3. The van der Waals surface area contributed by atoms with Crippen molar-refractivity contribution in [1.29, 1.82) is 0 Å². The summed E-state index contributed by atoms with van der Waals surface area (Å²) in [6, 6.07) is 12.3. The second-order valence-electron chi connectivity index (χ2n) is 4.87. The van der Waals surface area contributed by atoms with Gasteiger partial charge < -0.3 is 9.15 Å². The van der Waals surface area contributed by atoms with E-state index in [0.29, 0.717) is 11.3 Å². The molecule has 0 aliphatic carbocycles. The molecule has 0 saturated heterocycles. The number of fused-ring (bicyclic) bond motifs is 1. The van der Waals surface area contributed by atoms with E-state index in [4.69, 9.17) is 4.74 Å². The third-order valence-corrected chi connectivity index (χ3v) is 3.46. The largest absolute Gasteiger partial charge is 0.497 e. The van der Waals surface area contributed by atoms with E-state index < -0.39 is 17.6 Å². The van der Waals surface area contributed by atoms with Gasteiger partial charge in [0.25, 0.3) is 0 Å². The molecule has 2 aromatic carbocycles. The Morgan fingerprint density at radius 3 is 2.30 bits per heavy atom. The smallest absolute Gasteiger partial charge is 0.450 e. The molecule has 6 heteroatoms. The predicted molar refractivity (Wildman–Crippen MR) is 79.5 cm³/mol.